The first-order valence-corrected chi connectivity index (χ1v) is 5.96. The third kappa shape index (κ3) is 1.87. The fourth-order valence-electron chi connectivity index (χ4n) is 2.68. The van der Waals surface area contributed by atoms with Crippen LogP contribution in [0.4, 0.5) is 0 Å². The van der Waals surface area contributed by atoms with Gasteiger partial charge in [-0.25, -0.2) is 0 Å². The molecule has 0 saturated heterocycles. The minimum Gasteiger partial charge on any atom is -0.496 e. The van der Waals surface area contributed by atoms with Gasteiger partial charge in [0, 0.05) is 5.92 Å². The van der Waals surface area contributed by atoms with Crippen LogP contribution in [0.2, 0.25) is 0 Å². The molecule has 0 unspecified atom stereocenters. The number of methoxy groups -OCH3 is 1. The minimum atomic E-state index is 0.549. The summed E-state index contributed by atoms with van der Waals surface area (Å²) in [5, 5.41) is 0. The largest absolute Gasteiger partial charge is 0.496 e. The molecule has 1 aliphatic rings. The molecule has 1 aliphatic carbocycles. The van der Waals surface area contributed by atoms with E-state index in [1.54, 1.807) is 7.11 Å². The van der Waals surface area contributed by atoms with Gasteiger partial charge in [-0.05, 0) is 55.9 Å². The van der Waals surface area contributed by atoms with Gasteiger partial charge in [0.05, 0.1) is 7.11 Å². The molecule has 0 fully saturated rings. The van der Waals surface area contributed by atoms with Crippen molar-refractivity contribution in [2.75, 3.05) is 7.11 Å². The molecule has 1 aromatic carbocycles. The van der Waals surface area contributed by atoms with Crippen molar-refractivity contribution in [1.82, 2.24) is 0 Å². The summed E-state index contributed by atoms with van der Waals surface area (Å²) >= 11 is 0. The number of allylic oxidation sites excluding steroid dienone is 1. The number of benzene rings is 1. The van der Waals surface area contributed by atoms with Gasteiger partial charge < -0.3 is 4.74 Å². The summed E-state index contributed by atoms with van der Waals surface area (Å²) in [7, 11) is 1.74. The Kier molecular flexibility index (Phi) is 3.04. The minimum absolute atomic E-state index is 0.549. The summed E-state index contributed by atoms with van der Waals surface area (Å²) in [6.07, 6.45) is 3.68. The zero-order valence-corrected chi connectivity index (χ0v) is 10.5. The fourth-order valence-corrected chi connectivity index (χ4v) is 2.68. The van der Waals surface area contributed by atoms with Crippen molar-refractivity contribution in [2.24, 2.45) is 0 Å². The van der Waals surface area contributed by atoms with E-state index in [0.29, 0.717) is 5.92 Å². The predicted octanol–water partition coefficient (Wildman–Crippen LogP) is 4.00. The highest BCUT2D eigenvalue weighted by atomic mass is 16.5. The molecule has 0 radical (unpaired) electrons. The van der Waals surface area contributed by atoms with Crippen molar-refractivity contribution in [1.29, 1.82) is 0 Å². The summed E-state index contributed by atoms with van der Waals surface area (Å²) in [5.41, 5.74) is 5.43. The third-order valence-corrected chi connectivity index (χ3v) is 3.57. The second-order valence-electron chi connectivity index (χ2n) is 4.81. The fraction of sp³-hybridized carbons (Fsp3) is 0.467. The van der Waals surface area contributed by atoms with Crippen molar-refractivity contribution in [3.63, 3.8) is 0 Å². The van der Waals surface area contributed by atoms with Crippen molar-refractivity contribution >= 4 is 0 Å². The first-order valence-electron chi connectivity index (χ1n) is 5.96. The number of fused-ring (bicyclic) bond motifs is 1. The van der Waals surface area contributed by atoms with E-state index in [0.717, 1.165) is 5.75 Å². The predicted molar refractivity (Wildman–Crippen MR) is 68.2 cm³/mol. The van der Waals surface area contributed by atoms with Crippen LogP contribution in [0.25, 0.3) is 0 Å². The maximum absolute atomic E-state index is 5.38. The van der Waals surface area contributed by atoms with Crippen LogP contribution in [-0.4, -0.2) is 7.11 Å². The van der Waals surface area contributed by atoms with Gasteiger partial charge in [-0.3, -0.25) is 0 Å². The molecule has 0 amide bonds. The van der Waals surface area contributed by atoms with Gasteiger partial charge in [0.2, 0.25) is 0 Å². The average molecular weight is 216 g/mol. The molecule has 0 saturated carbocycles. The molecule has 86 valence electrons. The summed E-state index contributed by atoms with van der Waals surface area (Å²) in [6, 6.07) is 4.49. The van der Waals surface area contributed by atoms with E-state index in [1.165, 1.54) is 41.5 Å². The number of rotatable bonds is 2. The standard InChI is InChI=1S/C15H20O/c1-10(2)13-7-5-6-12-9-15(16-4)11(3)8-14(12)13/h8-9,13H,1,5-7H2,2-4H3/t13-/m1/s1. The molecule has 0 spiro atoms. The molecule has 0 heterocycles. The second kappa shape index (κ2) is 4.32. The molecule has 1 aromatic rings. The lowest BCUT2D eigenvalue weighted by Gasteiger charge is -2.27. The third-order valence-electron chi connectivity index (χ3n) is 3.57. The van der Waals surface area contributed by atoms with Crippen LogP contribution in [0.3, 0.4) is 0 Å². The molecular weight excluding hydrogens is 196 g/mol. The Morgan fingerprint density at radius 3 is 2.81 bits per heavy atom. The zero-order chi connectivity index (χ0) is 11.7. The summed E-state index contributed by atoms with van der Waals surface area (Å²) < 4.78 is 5.38. The van der Waals surface area contributed by atoms with Gasteiger partial charge in [0.1, 0.15) is 5.75 Å². The van der Waals surface area contributed by atoms with Crippen LogP contribution in [0.15, 0.2) is 24.3 Å². The molecule has 0 aliphatic heterocycles. The molecule has 0 aromatic heterocycles. The van der Waals surface area contributed by atoms with Gasteiger partial charge in [0.25, 0.3) is 0 Å². The highest BCUT2D eigenvalue weighted by Gasteiger charge is 2.21. The maximum atomic E-state index is 5.38. The summed E-state index contributed by atoms with van der Waals surface area (Å²) in [4.78, 5) is 0. The van der Waals surface area contributed by atoms with E-state index in [2.05, 4.69) is 32.6 Å². The molecule has 1 atom stereocenters. The molecule has 1 heteroatoms. The van der Waals surface area contributed by atoms with E-state index < -0.39 is 0 Å². The number of hydrogen-bond donors (Lipinski definition) is 0. The van der Waals surface area contributed by atoms with Crippen LogP contribution in [0, 0.1) is 6.92 Å². The van der Waals surface area contributed by atoms with Crippen LogP contribution in [0.1, 0.15) is 42.4 Å². The van der Waals surface area contributed by atoms with Crippen molar-refractivity contribution in [3.05, 3.63) is 41.0 Å². The van der Waals surface area contributed by atoms with Gasteiger partial charge in [-0.15, -0.1) is 0 Å². The van der Waals surface area contributed by atoms with Gasteiger partial charge in [-0.1, -0.05) is 18.2 Å². The lowest BCUT2D eigenvalue weighted by molar-refractivity contribution is 0.410. The molecular formula is C15H20O. The lowest BCUT2D eigenvalue weighted by Crippen LogP contribution is -2.11. The van der Waals surface area contributed by atoms with Crippen LogP contribution >= 0.6 is 0 Å². The summed E-state index contributed by atoms with van der Waals surface area (Å²) in [5.74, 6) is 1.56. The van der Waals surface area contributed by atoms with Gasteiger partial charge >= 0.3 is 0 Å². The highest BCUT2D eigenvalue weighted by Crippen LogP contribution is 2.38. The number of ether oxygens (including phenoxy) is 1. The topological polar surface area (TPSA) is 9.23 Å². The highest BCUT2D eigenvalue weighted by molar-refractivity contribution is 5.46. The van der Waals surface area contributed by atoms with E-state index >= 15 is 0 Å². The Labute approximate surface area is 98.1 Å². The van der Waals surface area contributed by atoms with Crippen LogP contribution in [0.5, 0.6) is 5.75 Å². The Bertz CT molecular complexity index is 418. The monoisotopic (exact) mass is 216 g/mol. The molecule has 0 N–H and O–H groups in total. The Balaban J connectivity index is 2.49. The Morgan fingerprint density at radius 1 is 1.44 bits per heavy atom. The molecule has 16 heavy (non-hydrogen) atoms. The smallest absolute Gasteiger partial charge is 0.122 e. The van der Waals surface area contributed by atoms with Crippen LogP contribution < -0.4 is 4.74 Å². The number of hydrogen-bond acceptors (Lipinski definition) is 1. The molecule has 0 bridgehead atoms. The van der Waals surface area contributed by atoms with Gasteiger partial charge in [0.15, 0.2) is 0 Å². The first kappa shape index (κ1) is 11.3. The average Bonchev–Trinajstić information content (AvgIpc) is 2.27. The Hall–Kier alpha value is -1.24. The molecule has 2 rings (SSSR count). The Morgan fingerprint density at radius 2 is 2.19 bits per heavy atom. The second-order valence-corrected chi connectivity index (χ2v) is 4.81. The quantitative estimate of drug-likeness (QED) is 0.679. The van der Waals surface area contributed by atoms with Crippen LogP contribution in [-0.2, 0) is 6.42 Å². The number of aryl methyl sites for hydroxylation is 2. The van der Waals surface area contributed by atoms with Crippen molar-refractivity contribution < 1.29 is 4.74 Å². The van der Waals surface area contributed by atoms with E-state index in [9.17, 15) is 0 Å². The van der Waals surface area contributed by atoms with E-state index in [1.807, 2.05) is 0 Å². The normalized spacial score (nSPS) is 19.1. The lowest BCUT2D eigenvalue weighted by atomic mass is 9.79. The summed E-state index contributed by atoms with van der Waals surface area (Å²) in [6.45, 7) is 8.37. The van der Waals surface area contributed by atoms with Crippen molar-refractivity contribution in [3.8, 4) is 5.75 Å². The zero-order valence-electron chi connectivity index (χ0n) is 10.5. The van der Waals surface area contributed by atoms with Crippen molar-refractivity contribution in [2.45, 2.75) is 39.0 Å². The SMILES string of the molecule is C=C(C)[C@H]1CCCc2cc(OC)c(C)cc21. The molecule has 1 nitrogen and oxygen atoms in total. The maximum Gasteiger partial charge on any atom is 0.122 e. The van der Waals surface area contributed by atoms with E-state index in [4.69, 9.17) is 4.74 Å². The van der Waals surface area contributed by atoms with Gasteiger partial charge in [-0.2, -0.15) is 0 Å². The van der Waals surface area contributed by atoms with E-state index in [-0.39, 0.29) is 0 Å². The first-order chi connectivity index (χ1) is 7.63.